The SMILES string of the molecule is CCC(C)N(CC)Cc1ccccc1C=CC(=O)O. The minimum absolute atomic E-state index is 0.529. The molecule has 0 saturated heterocycles. The Labute approximate surface area is 115 Å². The van der Waals surface area contributed by atoms with E-state index in [4.69, 9.17) is 5.11 Å². The van der Waals surface area contributed by atoms with Crippen molar-refractivity contribution in [3.05, 3.63) is 41.5 Å². The lowest BCUT2D eigenvalue weighted by Crippen LogP contribution is -2.32. The van der Waals surface area contributed by atoms with Crippen LogP contribution < -0.4 is 0 Å². The van der Waals surface area contributed by atoms with E-state index in [1.54, 1.807) is 6.08 Å². The molecule has 0 fully saturated rings. The number of hydrogen-bond acceptors (Lipinski definition) is 2. The molecule has 19 heavy (non-hydrogen) atoms. The fourth-order valence-corrected chi connectivity index (χ4v) is 2.06. The van der Waals surface area contributed by atoms with Crippen molar-refractivity contribution >= 4 is 12.0 Å². The zero-order chi connectivity index (χ0) is 14.3. The fourth-order valence-electron chi connectivity index (χ4n) is 2.06. The maximum absolute atomic E-state index is 10.6. The van der Waals surface area contributed by atoms with E-state index in [0.29, 0.717) is 6.04 Å². The lowest BCUT2D eigenvalue weighted by Gasteiger charge is -2.27. The first kappa shape index (κ1) is 15.4. The van der Waals surface area contributed by atoms with Gasteiger partial charge in [-0.2, -0.15) is 0 Å². The number of hydrogen-bond donors (Lipinski definition) is 1. The molecule has 0 spiro atoms. The Balaban J connectivity index is 2.90. The van der Waals surface area contributed by atoms with Crippen molar-refractivity contribution in [1.82, 2.24) is 4.90 Å². The van der Waals surface area contributed by atoms with Crippen LogP contribution in [-0.4, -0.2) is 28.6 Å². The molecule has 1 aromatic rings. The van der Waals surface area contributed by atoms with Crippen LogP contribution in [0.15, 0.2) is 30.3 Å². The topological polar surface area (TPSA) is 40.5 Å². The largest absolute Gasteiger partial charge is 0.478 e. The van der Waals surface area contributed by atoms with Gasteiger partial charge in [-0.25, -0.2) is 4.79 Å². The smallest absolute Gasteiger partial charge is 0.328 e. The van der Waals surface area contributed by atoms with Crippen molar-refractivity contribution in [2.75, 3.05) is 6.54 Å². The third kappa shape index (κ3) is 4.87. The molecule has 0 saturated carbocycles. The minimum atomic E-state index is -0.913. The van der Waals surface area contributed by atoms with Crippen molar-refractivity contribution in [3.63, 3.8) is 0 Å². The molecule has 0 amide bonds. The summed E-state index contributed by atoms with van der Waals surface area (Å²) in [6, 6.07) is 8.48. The summed E-state index contributed by atoms with van der Waals surface area (Å²) >= 11 is 0. The Morgan fingerprint density at radius 1 is 1.37 bits per heavy atom. The van der Waals surface area contributed by atoms with Gasteiger partial charge in [0.2, 0.25) is 0 Å². The summed E-state index contributed by atoms with van der Waals surface area (Å²) in [6.45, 7) is 8.41. The highest BCUT2D eigenvalue weighted by molar-refractivity contribution is 5.85. The lowest BCUT2D eigenvalue weighted by molar-refractivity contribution is -0.131. The van der Waals surface area contributed by atoms with Crippen molar-refractivity contribution in [1.29, 1.82) is 0 Å². The molecular formula is C16H23NO2. The van der Waals surface area contributed by atoms with Gasteiger partial charge in [0.25, 0.3) is 0 Å². The Bertz CT molecular complexity index is 440. The highest BCUT2D eigenvalue weighted by atomic mass is 16.4. The first-order valence-corrected chi connectivity index (χ1v) is 6.81. The van der Waals surface area contributed by atoms with E-state index in [2.05, 4.69) is 31.7 Å². The van der Waals surface area contributed by atoms with Crippen LogP contribution in [0.1, 0.15) is 38.3 Å². The van der Waals surface area contributed by atoms with Crippen molar-refractivity contribution in [3.8, 4) is 0 Å². The Morgan fingerprint density at radius 2 is 2.05 bits per heavy atom. The van der Waals surface area contributed by atoms with Crippen LogP contribution in [0.4, 0.5) is 0 Å². The van der Waals surface area contributed by atoms with Crippen molar-refractivity contribution in [2.45, 2.75) is 39.8 Å². The quantitative estimate of drug-likeness (QED) is 0.765. The zero-order valence-electron chi connectivity index (χ0n) is 12.0. The summed E-state index contributed by atoms with van der Waals surface area (Å²) in [6.07, 6.45) is 3.97. The van der Waals surface area contributed by atoms with Crippen LogP contribution >= 0.6 is 0 Å². The van der Waals surface area contributed by atoms with Gasteiger partial charge >= 0.3 is 5.97 Å². The lowest BCUT2D eigenvalue weighted by atomic mass is 10.1. The van der Waals surface area contributed by atoms with Crippen LogP contribution in [0.3, 0.4) is 0 Å². The zero-order valence-corrected chi connectivity index (χ0v) is 12.0. The van der Waals surface area contributed by atoms with E-state index in [1.165, 1.54) is 11.6 Å². The molecule has 1 unspecified atom stereocenters. The Morgan fingerprint density at radius 3 is 2.63 bits per heavy atom. The van der Waals surface area contributed by atoms with Gasteiger partial charge in [0.15, 0.2) is 0 Å². The summed E-state index contributed by atoms with van der Waals surface area (Å²) < 4.78 is 0. The van der Waals surface area contributed by atoms with Gasteiger partial charge in [-0.3, -0.25) is 4.90 Å². The summed E-state index contributed by atoms with van der Waals surface area (Å²) in [7, 11) is 0. The maximum atomic E-state index is 10.6. The van der Waals surface area contributed by atoms with Gasteiger partial charge in [-0.15, -0.1) is 0 Å². The van der Waals surface area contributed by atoms with E-state index >= 15 is 0 Å². The second kappa shape index (κ2) is 7.74. The van der Waals surface area contributed by atoms with Crippen molar-refractivity contribution < 1.29 is 9.90 Å². The molecule has 1 N–H and O–H groups in total. The third-order valence-corrected chi connectivity index (χ3v) is 3.45. The highest BCUT2D eigenvalue weighted by Crippen LogP contribution is 2.16. The van der Waals surface area contributed by atoms with E-state index in [0.717, 1.165) is 25.1 Å². The average molecular weight is 261 g/mol. The maximum Gasteiger partial charge on any atom is 0.328 e. The van der Waals surface area contributed by atoms with Gasteiger partial charge in [-0.1, -0.05) is 38.1 Å². The second-order valence-electron chi connectivity index (χ2n) is 4.69. The standard InChI is InChI=1S/C16H23NO2/c1-4-13(3)17(5-2)12-15-9-7-6-8-14(15)10-11-16(18)19/h6-11,13H,4-5,12H2,1-3H3,(H,18,19). The molecule has 0 radical (unpaired) electrons. The Kier molecular flexibility index (Phi) is 6.30. The number of nitrogens with zero attached hydrogens (tertiary/aromatic N) is 1. The van der Waals surface area contributed by atoms with Gasteiger partial charge in [0.05, 0.1) is 0 Å². The predicted molar refractivity (Wildman–Crippen MR) is 78.9 cm³/mol. The molecular weight excluding hydrogens is 238 g/mol. The number of benzene rings is 1. The number of carboxylic acid groups (broad SMARTS) is 1. The molecule has 0 aliphatic heterocycles. The van der Waals surface area contributed by atoms with Gasteiger partial charge in [-0.05, 0) is 37.1 Å². The van der Waals surface area contributed by atoms with E-state index in [-0.39, 0.29) is 0 Å². The molecule has 0 aliphatic rings. The highest BCUT2D eigenvalue weighted by Gasteiger charge is 2.11. The van der Waals surface area contributed by atoms with Crippen LogP contribution in [-0.2, 0) is 11.3 Å². The van der Waals surface area contributed by atoms with Crippen LogP contribution in [0.25, 0.3) is 6.08 Å². The average Bonchev–Trinajstić information content (AvgIpc) is 2.42. The molecule has 1 aromatic carbocycles. The number of rotatable bonds is 7. The molecule has 1 atom stereocenters. The van der Waals surface area contributed by atoms with Crippen molar-refractivity contribution in [2.24, 2.45) is 0 Å². The second-order valence-corrected chi connectivity index (χ2v) is 4.69. The number of carboxylic acids is 1. The first-order valence-electron chi connectivity index (χ1n) is 6.81. The van der Waals surface area contributed by atoms with E-state index in [1.807, 2.05) is 18.2 Å². The third-order valence-electron chi connectivity index (χ3n) is 3.45. The summed E-state index contributed by atoms with van der Waals surface area (Å²) in [5.74, 6) is -0.913. The normalized spacial score (nSPS) is 13.1. The minimum Gasteiger partial charge on any atom is -0.478 e. The fraction of sp³-hybridized carbons (Fsp3) is 0.438. The predicted octanol–water partition coefficient (Wildman–Crippen LogP) is 3.40. The van der Waals surface area contributed by atoms with Crippen LogP contribution in [0.5, 0.6) is 0 Å². The summed E-state index contributed by atoms with van der Waals surface area (Å²) in [5, 5.41) is 8.72. The molecule has 104 valence electrons. The summed E-state index contributed by atoms with van der Waals surface area (Å²) in [5.41, 5.74) is 2.15. The number of carbonyl (C=O) groups is 1. The molecule has 0 heterocycles. The molecule has 1 rings (SSSR count). The first-order chi connectivity index (χ1) is 9.08. The number of aliphatic carboxylic acids is 1. The van der Waals surface area contributed by atoms with E-state index < -0.39 is 5.97 Å². The summed E-state index contributed by atoms with van der Waals surface area (Å²) in [4.78, 5) is 13.0. The Hall–Kier alpha value is -1.61. The van der Waals surface area contributed by atoms with E-state index in [9.17, 15) is 4.79 Å². The molecule has 3 nitrogen and oxygen atoms in total. The molecule has 0 bridgehead atoms. The van der Waals surface area contributed by atoms with Crippen LogP contribution in [0, 0.1) is 0 Å². The molecule has 3 heteroatoms. The van der Waals surface area contributed by atoms with Gasteiger partial charge in [0, 0.05) is 18.7 Å². The van der Waals surface area contributed by atoms with Crippen LogP contribution in [0.2, 0.25) is 0 Å². The van der Waals surface area contributed by atoms with Gasteiger partial charge < -0.3 is 5.11 Å². The molecule has 0 aromatic heterocycles. The molecule has 0 aliphatic carbocycles. The monoisotopic (exact) mass is 261 g/mol. The van der Waals surface area contributed by atoms with Gasteiger partial charge in [0.1, 0.15) is 0 Å².